The van der Waals surface area contributed by atoms with Gasteiger partial charge in [-0.15, -0.1) is 0 Å². The molecular formula is C7H13NaSi. The molecular weight excluding hydrogens is 135 g/mol. The summed E-state index contributed by atoms with van der Waals surface area (Å²) < 4.78 is 0. The van der Waals surface area contributed by atoms with E-state index in [1.165, 1.54) is 6.42 Å². The molecule has 0 spiro atoms. The third kappa shape index (κ3) is 2.85. The summed E-state index contributed by atoms with van der Waals surface area (Å²) in [6.45, 7) is 4.75. The fourth-order valence-electron chi connectivity index (χ4n) is 0.892. The van der Waals surface area contributed by atoms with Crippen molar-refractivity contribution in [1.29, 1.82) is 0 Å². The van der Waals surface area contributed by atoms with E-state index in [0.29, 0.717) is 0 Å². The Morgan fingerprint density at radius 1 is 1.56 bits per heavy atom. The summed E-state index contributed by atoms with van der Waals surface area (Å²) in [4.78, 5) is 0. The Hall–Kier alpha value is 0.697. The third-order valence-corrected chi connectivity index (χ3v) is 3.45. The van der Waals surface area contributed by atoms with Crippen molar-refractivity contribution in [2.24, 2.45) is 0 Å². The second-order valence-corrected chi connectivity index (χ2v) is 5.58. The van der Waals surface area contributed by atoms with Gasteiger partial charge in [-0.2, -0.15) is 0 Å². The van der Waals surface area contributed by atoms with E-state index in [-0.39, 0.29) is 31.0 Å². The van der Waals surface area contributed by atoms with Crippen LogP contribution >= 0.6 is 0 Å². The number of allylic oxidation sites excluding steroid dienone is 4. The first-order valence-corrected chi connectivity index (χ1v) is 6.05. The molecule has 0 atom stereocenters. The van der Waals surface area contributed by atoms with Gasteiger partial charge in [0, 0.05) is 0 Å². The molecule has 0 saturated heterocycles. The molecule has 0 aromatic heterocycles. The molecule has 9 heavy (non-hydrogen) atoms. The zero-order valence-corrected chi connectivity index (χ0v) is 9.67. The van der Waals surface area contributed by atoms with Crippen LogP contribution in [0.5, 0.6) is 0 Å². The van der Waals surface area contributed by atoms with Gasteiger partial charge in [0.1, 0.15) is 0 Å². The van der Waals surface area contributed by atoms with Gasteiger partial charge in [0.2, 0.25) is 0 Å². The van der Waals surface area contributed by atoms with E-state index < -0.39 is 8.80 Å². The molecule has 0 bridgehead atoms. The Morgan fingerprint density at radius 3 is 2.44 bits per heavy atom. The van der Waals surface area contributed by atoms with E-state index in [1.54, 1.807) is 5.20 Å². The van der Waals surface area contributed by atoms with Crippen molar-refractivity contribution in [3.8, 4) is 0 Å². The number of rotatable bonds is 1. The second-order valence-electron chi connectivity index (χ2n) is 2.53. The van der Waals surface area contributed by atoms with Crippen molar-refractivity contribution in [1.82, 2.24) is 0 Å². The van der Waals surface area contributed by atoms with E-state index in [4.69, 9.17) is 0 Å². The van der Waals surface area contributed by atoms with E-state index >= 15 is 0 Å². The molecule has 0 N–H and O–H groups in total. The molecule has 0 unspecified atom stereocenters. The Balaban J connectivity index is 0. The van der Waals surface area contributed by atoms with Gasteiger partial charge in [0.25, 0.3) is 0 Å². The number of hydrogen-bond acceptors (Lipinski definition) is 0. The van der Waals surface area contributed by atoms with Crippen LogP contribution in [-0.4, -0.2) is 8.80 Å². The van der Waals surface area contributed by atoms with Gasteiger partial charge < -0.3 is 1.43 Å². The van der Waals surface area contributed by atoms with Gasteiger partial charge in [0.05, 0.1) is 8.80 Å². The zero-order chi connectivity index (χ0) is 5.98. The molecule has 46 valence electrons. The van der Waals surface area contributed by atoms with Gasteiger partial charge in [-0.1, -0.05) is 36.5 Å². The first-order valence-electron chi connectivity index (χ1n) is 3.16. The Kier molecular flexibility index (Phi) is 4.85. The van der Waals surface area contributed by atoms with Crippen LogP contribution < -0.4 is 29.6 Å². The molecule has 0 aromatic carbocycles. The molecule has 0 heterocycles. The number of hydrogen-bond donors (Lipinski definition) is 0. The van der Waals surface area contributed by atoms with Crippen LogP contribution in [0.1, 0.15) is 7.85 Å². The van der Waals surface area contributed by atoms with E-state index in [1.807, 2.05) is 0 Å². The van der Waals surface area contributed by atoms with Crippen LogP contribution in [0, 0.1) is 0 Å². The van der Waals surface area contributed by atoms with Gasteiger partial charge in [0.15, 0.2) is 0 Å². The maximum absolute atomic E-state index is 2.37. The third-order valence-electron chi connectivity index (χ3n) is 1.54. The summed E-state index contributed by atoms with van der Waals surface area (Å²) in [5.41, 5.74) is 0. The van der Waals surface area contributed by atoms with Gasteiger partial charge in [-0.25, -0.2) is 0 Å². The van der Waals surface area contributed by atoms with Crippen LogP contribution in [0.3, 0.4) is 0 Å². The minimum absolute atomic E-state index is 0. The van der Waals surface area contributed by atoms with Gasteiger partial charge in [-0.3, -0.25) is 0 Å². The normalized spacial score (nSPS) is 15.7. The van der Waals surface area contributed by atoms with Crippen molar-refractivity contribution < 1.29 is 31.0 Å². The molecule has 1 aliphatic carbocycles. The van der Waals surface area contributed by atoms with Crippen molar-refractivity contribution in [3.63, 3.8) is 0 Å². The topological polar surface area (TPSA) is 0 Å². The van der Waals surface area contributed by atoms with Gasteiger partial charge >= 0.3 is 29.6 Å². The summed E-state index contributed by atoms with van der Waals surface area (Å²) in [5, 5.41) is 1.70. The quantitative estimate of drug-likeness (QED) is 0.419. The smallest absolute Gasteiger partial charge is 1.00 e. The molecule has 0 nitrogen and oxygen atoms in total. The predicted octanol–water partition coefficient (Wildman–Crippen LogP) is -0.985. The molecule has 2 heteroatoms. The summed E-state index contributed by atoms with van der Waals surface area (Å²) in [6.07, 6.45) is 7.92. The van der Waals surface area contributed by atoms with Crippen LogP contribution in [0.4, 0.5) is 0 Å². The molecule has 0 aromatic rings. The minimum Gasteiger partial charge on any atom is -1.00 e. The Morgan fingerprint density at radius 2 is 2.22 bits per heavy atom. The minimum atomic E-state index is -0.424. The standard InChI is InChI=1S/C7H12Si.Na.H/c1-8(2)7-5-3-4-6-7;;/h3-5,8H,6H2,1-2H3;;/q;+1;-1. The van der Waals surface area contributed by atoms with Crippen molar-refractivity contribution in [2.75, 3.05) is 0 Å². The van der Waals surface area contributed by atoms with Gasteiger partial charge in [-0.05, 0) is 6.42 Å². The molecule has 1 rings (SSSR count). The molecule has 0 fully saturated rings. The zero-order valence-electron chi connectivity index (χ0n) is 7.52. The van der Waals surface area contributed by atoms with Crippen LogP contribution in [0.15, 0.2) is 23.4 Å². The predicted molar refractivity (Wildman–Crippen MR) is 41.8 cm³/mol. The maximum Gasteiger partial charge on any atom is 1.00 e. The molecule has 0 radical (unpaired) electrons. The van der Waals surface area contributed by atoms with E-state index in [0.717, 1.165) is 0 Å². The first-order chi connectivity index (χ1) is 3.80. The Labute approximate surface area is 82.4 Å². The van der Waals surface area contributed by atoms with Crippen LogP contribution in [0.25, 0.3) is 0 Å². The van der Waals surface area contributed by atoms with E-state index in [2.05, 4.69) is 31.3 Å². The van der Waals surface area contributed by atoms with Crippen molar-refractivity contribution >= 4 is 8.80 Å². The fraction of sp³-hybridized carbons (Fsp3) is 0.429. The average Bonchev–Trinajstić information content (AvgIpc) is 2.12. The molecule has 1 aliphatic rings. The first kappa shape index (κ1) is 9.70. The van der Waals surface area contributed by atoms with E-state index in [9.17, 15) is 0 Å². The summed E-state index contributed by atoms with van der Waals surface area (Å²) in [6, 6.07) is 0. The monoisotopic (exact) mass is 148 g/mol. The van der Waals surface area contributed by atoms with Crippen molar-refractivity contribution in [3.05, 3.63) is 23.4 Å². The fourth-order valence-corrected chi connectivity index (χ4v) is 2.00. The summed E-state index contributed by atoms with van der Waals surface area (Å²) in [7, 11) is -0.424. The van der Waals surface area contributed by atoms with Crippen LogP contribution in [0.2, 0.25) is 13.1 Å². The molecule has 0 amide bonds. The molecule has 0 saturated carbocycles. The summed E-state index contributed by atoms with van der Waals surface area (Å²) in [5.74, 6) is 0. The average molecular weight is 148 g/mol. The molecule has 0 aliphatic heterocycles. The SMILES string of the molecule is C[SiH](C)C1=CC=CC1.[H-].[Na+]. The summed E-state index contributed by atoms with van der Waals surface area (Å²) >= 11 is 0. The van der Waals surface area contributed by atoms with Crippen molar-refractivity contribution in [2.45, 2.75) is 19.5 Å². The largest absolute Gasteiger partial charge is 1.00 e. The maximum atomic E-state index is 2.37. The van der Waals surface area contributed by atoms with Crippen LogP contribution in [-0.2, 0) is 0 Å². The second kappa shape index (κ2) is 4.50. The Bertz CT molecular complexity index is 141.